The monoisotopic (exact) mass is 479 g/mol. The molecule has 0 saturated carbocycles. The van der Waals surface area contributed by atoms with Gasteiger partial charge in [-0.15, -0.1) is 0 Å². The largest absolute Gasteiger partial charge is 0.380 e. The summed E-state index contributed by atoms with van der Waals surface area (Å²) in [6.07, 6.45) is 1.69. The Labute approximate surface area is 188 Å². The number of hydrogen-bond acceptors (Lipinski definition) is 5. The topological polar surface area (TPSA) is 84.2 Å². The molecule has 1 aliphatic rings. The molecule has 2 atom stereocenters. The van der Waals surface area contributed by atoms with Gasteiger partial charge in [0.05, 0.1) is 23.2 Å². The molecule has 2 aromatic carbocycles. The van der Waals surface area contributed by atoms with Gasteiger partial charge in [0.25, 0.3) is 5.91 Å². The van der Waals surface area contributed by atoms with Gasteiger partial charge in [0, 0.05) is 16.6 Å². The minimum atomic E-state index is -0.472. The van der Waals surface area contributed by atoms with Crippen molar-refractivity contribution in [2.24, 2.45) is 5.92 Å². The number of amides is 1. The molecule has 4 rings (SSSR count). The van der Waals surface area contributed by atoms with Gasteiger partial charge in [-0.25, -0.2) is 0 Å². The molecule has 2 heterocycles. The second kappa shape index (κ2) is 8.89. The van der Waals surface area contributed by atoms with Crippen molar-refractivity contribution in [2.75, 3.05) is 6.54 Å². The Morgan fingerprint density at radius 2 is 1.87 bits per heavy atom. The van der Waals surface area contributed by atoms with Gasteiger partial charge in [-0.1, -0.05) is 63.6 Å². The van der Waals surface area contributed by atoms with Crippen LogP contribution in [0, 0.1) is 12.8 Å². The average Bonchev–Trinajstić information content (AvgIpc) is 3.42. The minimum Gasteiger partial charge on any atom is -0.380 e. The fourth-order valence-corrected chi connectivity index (χ4v) is 3.88. The first kappa shape index (κ1) is 21.1. The zero-order valence-electron chi connectivity index (χ0n) is 17.2. The van der Waals surface area contributed by atoms with Gasteiger partial charge in [0.1, 0.15) is 11.5 Å². The van der Waals surface area contributed by atoms with Gasteiger partial charge in [-0.05, 0) is 37.6 Å². The number of ketones is 1. The van der Waals surface area contributed by atoms with E-state index in [0.29, 0.717) is 29.3 Å². The van der Waals surface area contributed by atoms with Crippen molar-refractivity contribution < 1.29 is 14.1 Å². The highest BCUT2D eigenvalue weighted by atomic mass is 79.9. The molecule has 2 unspecified atom stereocenters. The summed E-state index contributed by atoms with van der Waals surface area (Å²) in [5, 5.41) is 10.1. The lowest BCUT2D eigenvalue weighted by atomic mass is 9.94. The molecule has 31 heavy (non-hydrogen) atoms. The third kappa shape index (κ3) is 4.46. The zero-order valence-corrected chi connectivity index (χ0v) is 18.8. The van der Waals surface area contributed by atoms with Crippen LogP contribution in [0.3, 0.4) is 0 Å². The highest BCUT2D eigenvalue weighted by molar-refractivity contribution is 9.10. The molecule has 0 radical (unpaired) electrons. The quantitative estimate of drug-likeness (QED) is 0.505. The molecule has 0 saturated heterocycles. The molecule has 1 aromatic heterocycles. The van der Waals surface area contributed by atoms with Crippen LogP contribution in [0.5, 0.6) is 0 Å². The highest BCUT2D eigenvalue weighted by Gasteiger charge is 2.31. The third-order valence-electron chi connectivity index (χ3n) is 5.34. The van der Waals surface area contributed by atoms with E-state index in [4.69, 9.17) is 4.52 Å². The van der Waals surface area contributed by atoms with Crippen molar-refractivity contribution in [3.05, 3.63) is 87.7 Å². The van der Waals surface area contributed by atoms with Crippen molar-refractivity contribution in [2.45, 2.75) is 19.9 Å². The fraction of sp³-hybridized carbons (Fsp3) is 0.208. The average molecular weight is 480 g/mol. The number of halogens is 1. The first-order valence-electron chi connectivity index (χ1n) is 10.0. The summed E-state index contributed by atoms with van der Waals surface area (Å²) in [5.74, 6) is -0.364. The SMILES string of the molecule is Cc1onc(-c2ccc(Br)cc2)c1C(=O)C1C=C(C(=O)NC(C)c2ccccc2)NC1. The van der Waals surface area contributed by atoms with Gasteiger partial charge >= 0.3 is 0 Å². The molecular formula is C24H22BrN3O3. The normalized spacial score (nSPS) is 16.4. The molecule has 3 aromatic rings. The lowest BCUT2D eigenvalue weighted by molar-refractivity contribution is -0.118. The number of hydrogen-bond donors (Lipinski definition) is 2. The first-order chi connectivity index (χ1) is 14.9. The Hall–Kier alpha value is -3.19. The van der Waals surface area contributed by atoms with Crippen molar-refractivity contribution in [1.29, 1.82) is 0 Å². The van der Waals surface area contributed by atoms with Crippen LogP contribution < -0.4 is 10.6 Å². The maximum Gasteiger partial charge on any atom is 0.267 e. The Balaban J connectivity index is 1.51. The van der Waals surface area contributed by atoms with E-state index in [1.54, 1.807) is 13.0 Å². The molecule has 158 valence electrons. The number of nitrogens with one attached hydrogen (secondary N) is 2. The minimum absolute atomic E-state index is 0.122. The number of aromatic nitrogens is 1. The van der Waals surface area contributed by atoms with Crippen LogP contribution in [0.15, 0.2) is 75.4 Å². The molecule has 0 spiro atoms. The van der Waals surface area contributed by atoms with Gasteiger partial charge in [-0.3, -0.25) is 9.59 Å². The lowest BCUT2D eigenvalue weighted by Crippen LogP contribution is -2.32. The van der Waals surface area contributed by atoms with E-state index in [-0.39, 0.29) is 17.7 Å². The molecule has 6 nitrogen and oxygen atoms in total. The van der Waals surface area contributed by atoms with Crippen LogP contribution >= 0.6 is 15.9 Å². The first-order valence-corrected chi connectivity index (χ1v) is 10.8. The number of Topliss-reactive ketones (excluding diaryl/α,β-unsaturated/α-hetero) is 1. The predicted molar refractivity (Wildman–Crippen MR) is 121 cm³/mol. The Morgan fingerprint density at radius 1 is 1.16 bits per heavy atom. The van der Waals surface area contributed by atoms with E-state index < -0.39 is 5.92 Å². The van der Waals surface area contributed by atoms with Gasteiger partial charge < -0.3 is 15.2 Å². The van der Waals surface area contributed by atoms with Gasteiger partial charge in [-0.2, -0.15) is 0 Å². The number of rotatable bonds is 6. The standard InChI is InChI=1S/C24H22BrN3O3/c1-14(16-6-4-3-5-7-16)27-24(30)20-12-18(13-26-20)23(29)21-15(2)31-28-22(21)17-8-10-19(25)11-9-17/h3-12,14,18,26H,13H2,1-2H3,(H,27,30). The highest BCUT2D eigenvalue weighted by Crippen LogP contribution is 2.30. The summed E-state index contributed by atoms with van der Waals surface area (Å²) in [4.78, 5) is 26.0. The number of benzene rings is 2. The summed E-state index contributed by atoms with van der Waals surface area (Å²) in [6, 6.07) is 17.1. The van der Waals surface area contributed by atoms with Crippen LogP contribution in [0.4, 0.5) is 0 Å². The number of nitrogens with zero attached hydrogens (tertiary/aromatic N) is 1. The van der Waals surface area contributed by atoms with Crippen LogP contribution in [0.2, 0.25) is 0 Å². The number of aryl methyl sites for hydroxylation is 1. The van der Waals surface area contributed by atoms with E-state index in [9.17, 15) is 9.59 Å². The van der Waals surface area contributed by atoms with Gasteiger partial charge in [0.15, 0.2) is 5.78 Å². The van der Waals surface area contributed by atoms with Gasteiger partial charge in [0.2, 0.25) is 0 Å². The van der Waals surface area contributed by atoms with Crippen LogP contribution in [-0.2, 0) is 4.79 Å². The smallest absolute Gasteiger partial charge is 0.267 e. The summed E-state index contributed by atoms with van der Waals surface area (Å²) in [5.41, 5.74) is 3.18. The molecule has 0 fully saturated rings. The van der Waals surface area contributed by atoms with Crippen LogP contribution in [-0.4, -0.2) is 23.4 Å². The van der Waals surface area contributed by atoms with E-state index in [2.05, 4.69) is 31.7 Å². The third-order valence-corrected chi connectivity index (χ3v) is 5.86. The van der Waals surface area contributed by atoms with Crippen molar-refractivity contribution in [3.63, 3.8) is 0 Å². The van der Waals surface area contributed by atoms with E-state index >= 15 is 0 Å². The second-order valence-electron chi connectivity index (χ2n) is 7.51. The van der Waals surface area contributed by atoms with E-state index in [1.165, 1.54) is 0 Å². The molecule has 7 heteroatoms. The molecule has 1 amide bonds. The fourth-order valence-electron chi connectivity index (χ4n) is 3.62. The molecular weight excluding hydrogens is 458 g/mol. The second-order valence-corrected chi connectivity index (χ2v) is 8.42. The summed E-state index contributed by atoms with van der Waals surface area (Å²) < 4.78 is 6.27. The van der Waals surface area contributed by atoms with Crippen molar-refractivity contribution >= 4 is 27.6 Å². The van der Waals surface area contributed by atoms with E-state index in [0.717, 1.165) is 15.6 Å². The Bertz CT molecular complexity index is 1140. The number of carbonyl (C=O) groups excluding carboxylic acids is 2. The predicted octanol–water partition coefficient (Wildman–Crippen LogP) is 4.58. The Kier molecular flexibility index (Phi) is 6.04. The van der Waals surface area contributed by atoms with Crippen LogP contribution in [0.1, 0.15) is 34.6 Å². The zero-order chi connectivity index (χ0) is 22.0. The lowest BCUT2D eigenvalue weighted by Gasteiger charge is -2.14. The summed E-state index contributed by atoms with van der Waals surface area (Å²) in [7, 11) is 0. The molecule has 0 aliphatic carbocycles. The summed E-state index contributed by atoms with van der Waals surface area (Å²) >= 11 is 3.41. The number of carbonyl (C=O) groups is 2. The van der Waals surface area contributed by atoms with Crippen molar-refractivity contribution in [1.82, 2.24) is 15.8 Å². The summed E-state index contributed by atoms with van der Waals surface area (Å²) in [6.45, 7) is 4.01. The van der Waals surface area contributed by atoms with Crippen molar-refractivity contribution in [3.8, 4) is 11.3 Å². The molecule has 2 N–H and O–H groups in total. The maximum atomic E-state index is 13.3. The van der Waals surface area contributed by atoms with Crippen LogP contribution in [0.25, 0.3) is 11.3 Å². The Morgan fingerprint density at radius 3 is 2.58 bits per heavy atom. The molecule has 1 aliphatic heterocycles. The maximum absolute atomic E-state index is 13.3. The molecule has 0 bridgehead atoms. The van der Waals surface area contributed by atoms with E-state index in [1.807, 2.05) is 61.5 Å².